The van der Waals surface area contributed by atoms with Crippen LogP contribution in [0.3, 0.4) is 0 Å². The number of H-pyrrole nitrogens is 1. The molecule has 1 atom stereocenters. The number of rotatable bonds is 5. The maximum absolute atomic E-state index is 12.9. The monoisotopic (exact) mass is 310 g/mol. The Morgan fingerprint density at radius 2 is 1.91 bits per heavy atom. The second-order valence-electron chi connectivity index (χ2n) is 6.67. The van der Waals surface area contributed by atoms with Crippen molar-refractivity contribution in [3.05, 3.63) is 5.82 Å². The molecule has 124 valence electrons. The summed E-state index contributed by atoms with van der Waals surface area (Å²) in [5, 5.41) is 23.5. The van der Waals surface area contributed by atoms with Gasteiger partial charge in [0.15, 0.2) is 5.82 Å². The van der Waals surface area contributed by atoms with E-state index in [1.165, 1.54) is 0 Å². The van der Waals surface area contributed by atoms with Gasteiger partial charge in [0.05, 0.1) is 6.61 Å². The normalized spacial score (nSPS) is 20.0. The van der Waals surface area contributed by atoms with Gasteiger partial charge in [-0.05, 0) is 27.2 Å². The van der Waals surface area contributed by atoms with E-state index >= 15 is 0 Å². The molecule has 1 unspecified atom stereocenters. The topological polar surface area (TPSA) is 98.2 Å². The number of amides is 1. The standard InChI is InChI=1S/C14H26N6O2/c1-5-14(4,11-15-17-18-16-11)12(22)19-6-8-20(9-7-19)13(2,3)10-21/h21H,5-10H2,1-4H3,(H,15,16,17,18). The van der Waals surface area contributed by atoms with Crippen LogP contribution in [0.4, 0.5) is 0 Å². The maximum Gasteiger partial charge on any atom is 0.236 e. The molecule has 22 heavy (non-hydrogen) atoms. The summed E-state index contributed by atoms with van der Waals surface area (Å²) in [6, 6.07) is 0. The van der Waals surface area contributed by atoms with E-state index < -0.39 is 5.41 Å². The molecule has 1 amide bonds. The van der Waals surface area contributed by atoms with Crippen molar-refractivity contribution < 1.29 is 9.90 Å². The van der Waals surface area contributed by atoms with Gasteiger partial charge in [-0.2, -0.15) is 5.21 Å². The third-order valence-corrected chi connectivity index (χ3v) is 4.83. The van der Waals surface area contributed by atoms with Crippen LogP contribution in [0.2, 0.25) is 0 Å². The van der Waals surface area contributed by atoms with Gasteiger partial charge in [0.2, 0.25) is 5.91 Å². The molecule has 1 aliphatic rings. The SMILES string of the molecule is CCC(C)(C(=O)N1CCN(C(C)(C)CO)CC1)c1nn[nH]n1. The van der Waals surface area contributed by atoms with Crippen molar-refractivity contribution in [2.45, 2.75) is 45.1 Å². The highest BCUT2D eigenvalue weighted by Crippen LogP contribution is 2.27. The molecule has 0 aromatic carbocycles. The zero-order chi connectivity index (χ0) is 16.4. The Labute approximate surface area is 130 Å². The molecule has 1 aromatic rings. The van der Waals surface area contributed by atoms with Crippen LogP contribution in [0.25, 0.3) is 0 Å². The second-order valence-corrected chi connectivity index (χ2v) is 6.67. The Morgan fingerprint density at radius 3 is 2.36 bits per heavy atom. The number of carbonyl (C=O) groups excluding carboxylic acids is 1. The lowest BCUT2D eigenvalue weighted by Crippen LogP contribution is -2.59. The van der Waals surface area contributed by atoms with E-state index in [1.54, 1.807) is 0 Å². The first-order valence-electron chi connectivity index (χ1n) is 7.74. The third-order valence-electron chi connectivity index (χ3n) is 4.83. The van der Waals surface area contributed by atoms with Crippen molar-refractivity contribution in [2.75, 3.05) is 32.8 Å². The first kappa shape index (κ1) is 16.8. The van der Waals surface area contributed by atoms with Crippen LogP contribution >= 0.6 is 0 Å². The predicted molar refractivity (Wildman–Crippen MR) is 81.1 cm³/mol. The molecule has 0 saturated carbocycles. The molecular formula is C14H26N6O2. The fourth-order valence-electron chi connectivity index (χ4n) is 2.76. The van der Waals surface area contributed by atoms with Gasteiger partial charge >= 0.3 is 0 Å². The van der Waals surface area contributed by atoms with Crippen molar-refractivity contribution in [2.24, 2.45) is 0 Å². The number of aliphatic hydroxyl groups is 1. The first-order chi connectivity index (χ1) is 10.3. The van der Waals surface area contributed by atoms with E-state index in [4.69, 9.17) is 0 Å². The number of hydrogen-bond donors (Lipinski definition) is 2. The highest BCUT2D eigenvalue weighted by Gasteiger charge is 2.42. The molecule has 8 heteroatoms. The molecule has 1 saturated heterocycles. The average Bonchev–Trinajstić information content (AvgIpc) is 3.08. The molecule has 1 aliphatic heterocycles. The minimum Gasteiger partial charge on any atom is -0.394 e. The lowest BCUT2D eigenvalue weighted by molar-refractivity contribution is -0.140. The summed E-state index contributed by atoms with van der Waals surface area (Å²) in [7, 11) is 0. The Morgan fingerprint density at radius 1 is 1.27 bits per heavy atom. The minimum atomic E-state index is -0.748. The quantitative estimate of drug-likeness (QED) is 0.780. The molecule has 0 spiro atoms. The number of aromatic nitrogens is 4. The number of tetrazole rings is 1. The molecule has 8 nitrogen and oxygen atoms in total. The smallest absolute Gasteiger partial charge is 0.236 e. The van der Waals surface area contributed by atoms with Gasteiger partial charge in [-0.25, -0.2) is 0 Å². The number of nitrogens with zero attached hydrogens (tertiary/aromatic N) is 5. The van der Waals surface area contributed by atoms with E-state index in [2.05, 4.69) is 25.5 Å². The van der Waals surface area contributed by atoms with Gasteiger partial charge in [-0.1, -0.05) is 12.1 Å². The van der Waals surface area contributed by atoms with Crippen LogP contribution < -0.4 is 0 Å². The summed E-state index contributed by atoms with van der Waals surface area (Å²) < 4.78 is 0. The van der Waals surface area contributed by atoms with Crippen LogP contribution in [0.1, 0.15) is 39.9 Å². The van der Waals surface area contributed by atoms with E-state index in [0.717, 1.165) is 13.1 Å². The van der Waals surface area contributed by atoms with Crippen molar-refractivity contribution in [1.29, 1.82) is 0 Å². The number of aromatic amines is 1. The van der Waals surface area contributed by atoms with Gasteiger partial charge < -0.3 is 10.0 Å². The van der Waals surface area contributed by atoms with Crippen LogP contribution in [0.5, 0.6) is 0 Å². The molecule has 2 N–H and O–H groups in total. The lowest BCUT2D eigenvalue weighted by atomic mass is 9.84. The number of piperazine rings is 1. The zero-order valence-corrected chi connectivity index (χ0v) is 13.8. The second kappa shape index (κ2) is 6.29. The largest absolute Gasteiger partial charge is 0.394 e. The van der Waals surface area contributed by atoms with Gasteiger partial charge in [-0.15, -0.1) is 10.2 Å². The zero-order valence-electron chi connectivity index (χ0n) is 13.8. The molecule has 0 aliphatic carbocycles. The fraction of sp³-hybridized carbons (Fsp3) is 0.857. The van der Waals surface area contributed by atoms with E-state index in [-0.39, 0.29) is 18.1 Å². The lowest BCUT2D eigenvalue weighted by Gasteiger charge is -2.44. The summed E-state index contributed by atoms with van der Waals surface area (Å²) in [5.41, 5.74) is -1.00. The maximum atomic E-state index is 12.9. The molecule has 2 heterocycles. The van der Waals surface area contributed by atoms with Gasteiger partial charge in [-0.3, -0.25) is 9.69 Å². The molecule has 1 fully saturated rings. The van der Waals surface area contributed by atoms with Crippen LogP contribution in [-0.4, -0.2) is 79.8 Å². The number of nitrogens with one attached hydrogen (secondary N) is 1. The van der Waals surface area contributed by atoms with Gasteiger partial charge in [0, 0.05) is 31.7 Å². The van der Waals surface area contributed by atoms with Crippen LogP contribution in [0.15, 0.2) is 0 Å². The average molecular weight is 310 g/mol. The highest BCUT2D eigenvalue weighted by molar-refractivity contribution is 5.86. The van der Waals surface area contributed by atoms with Crippen LogP contribution in [-0.2, 0) is 10.2 Å². The van der Waals surface area contributed by atoms with Gasteiger partial charge in [0.1, 0.15) is 5.41 Å². The Kier molecular flexibility index (Phi) is 4.81. The molecule has 1 aromatic heterocycles. The van der Waals surface area contributed by atoms with Crippen molar-refractivity contribution >= 4 is 5.91 Å². The van der Waals surface area contributed by atoms with E-state index in [0.29, 0.717) is 25.3 Å². The van der Waals surface area contributed by atoms with Gasteiger partial charge in [0.25, 0.3) is 0 Å². The van der Waals surface area contributed by atoms with Crippen molar-refractivity contribution in [3.63, 3.8) is 0 Å². The highest BCUT2D eigenvalue weighted by atomic mass is 16.3. The summed E-state index contributed by atoms with van der Waals surface area (Å²) in [6.45, 7) is 10.8. The molecule has 0 radical (unpaired) electrons. The first-order valence-corrected chi connectivity index (χ1v) is 7.74. The van der Waals surface area contributed by atoms with E-state index in [9.17, 15) is 9.90 Å². The summed E-state index contributed by atoms with van der Waals surface area (Å²) in [6.07, 6.45) is 0.619. The summed E-state index contributed by atoms with van der Waals surface area (Å²) >= 11 is 0. The summed E-state index contributed by atoms with van der Waals surface area (Å²) in [4.78, 5) is 17.0. The number of aliphatic hydroxyl groups excluding tert-OH is 1. The van der Waals surface area contributed by atoms with E-state index in [1.807, 2.05) is 32.6 Å². The third kappa shape index (κ3) is 2.98. The fourth-order valence-corrected chi connectivity index (χ4v) is 2.76. The minimum absolute atomic E-state index is 0.0397. The number of hydrogen-bond acceptors (Lipinski definition) is 6. The number of carbonyl (C=O) groups is 1. The van der Waals surface area contributed by atoms with Crippen LogP contribution in [0, 0.1) is 0 Å². The molecular weight excluding hydrogens is 284 g/mol. The Bertz CT molecular complexity index is 495. The molecule has 2 rings (SSSR count). The Balaban J connectivity index is 2.06. The van der Waals surface area contributed by atoms with Crippen molar-refractivity contribution in [1.82, 2.24) is 30.4 Å². The predicted octanol–water partition coefficient (Wildman–Crippen LogP) is -0.217. The summed E-state index contributed by atoms with van der Waals surface area (Å²) in [5.74, 6) is 0.482. The Hall–Kier alpha value is -1.54. The molecule has 0 bridgehead atoms. The van der Waals surface area contributed by atoms with Crippen molar-refractivity contribution in [3.8, 4) is 0 Å².